The molecule has 1 aliphatic rings. The average molecular weight is 368 g/mol. The summed E-state index contributed by atoms with van der Waals surface area (Å²) in [5.41, 5.74) is 2.45. The van der Waals surface area contributed by atoms with Crippen molar-refractivity contribution in [3.63, 3.8) is 0 Å². The molecule has 28 heavy (non-hydrogen) atoms. The summed E-state index contributed by atoms with van der Waals surface area (Å²) in [5, 5.41) is 12.0. The number of rotatable bonds is 2. The minimum atomic E-state index is -1.03. The third kappa shape index (κ3) is 2.60. The SMILES string of the molecule is O=C(O)c1ccc2c(=O)n3c(nc2c1)/C(=C\c1ccc2ccccc2c1)CC3. The topological polar surface area (TPSA) is 72.2 Å². The second-order valence-electron chi connectivity index (χ2n) is 6.96. The van der Waals surface area contributed by atoms with E-state index in [9.17, 15) is 14.7 Å². The Morgan fingerprint density at radius 1 is 1.04 bits per heavy atom. The highest BCUT2D eigenvalue weighted by molar-refractivity contribution is 5.94. The second-order valence-corrected chi connectivity index (χ2v) is 6.96. The fourth-order valence-corrected chi connectivity index (χ4v) is 3.79. The van der Waals surface area contributed by atoms with Gasteiger partial charge in [0.25, 0.3) is 5.56 Å². The summed E-state index contributed by atoms with van der Waals surface area (Å²) in [6, 6.07) is 18.9. The number of nitrogens with zero attached hydrogens (tertiary/aromatic N) is 2. The first-order chi connectivity index (χ1) is 13.6. The Morgan fingerprint density at radius 2 is 1.86 bits per heavy atom. The molecule has 136 valence electrons. The molecule has 3 aromatic carbocycles. The van der Waals surface area contributed by atoms with Gasteiger partial charge in [-0.15, -0.1) is 0 Å². The Hall–Kier alpha value is -3.73. The smallest absolute Gasteiger partial charge is 0.335 e. The zero-order chi connectivity index (χ0) is 19.3. The number of aromatic nitrogens is 2. The molecule has 0 bridgehead atoms. The summed E-state index contributed by atoms with van der Waals surface area (Å²) >= 11 is 0. The number of hydrogen-bond donors (Lipinski definition) is 1. The third-order valence-electron chi connectivity index (χ3n) is 5.21. The Morgan fingerprint density at radius 3 is 2.68 bits per heavy atom. The van der Waals surface area contributed by atoms with Gasteiger partial charge >= 0.3 is 5.97 Å². The van der Waals surface area contributed by atoms with E-state index in [0.717, 1.165) is 22.9 Å². The van der Waals surface area contributed by atoms with Gasteiger partial charge < -0.3 is 5.11 Å². The predicted molar refractivity (Wildman–Crippen MR) is 109 cm³/mol. The number of carboxylic acid groups (broad SMARTS) is 1. The van der Waals surface area contributed by atoms with E-state index in [1.54, 1.807) is 10.6 Å². The van der Waals surface area contributed by atoms with E-state index in [0.29, 0.717) is 23.3 Å². The van der Waals surface area contributed by atoms with Gasteiger partial charge in [0.1, 0.15) is 5.82 Å². The number of allylic oxidation sites excluding steroid dienone is 1. The summed E-state index contributed by atoms with van der Waals surface area (Å²) in [5.74, 6) is -0.413. The van der Waals surface area contributed by atoms with Crippen LogP contribution >= 0.6 is 0 Å². The van der Waals surface area contributed by atoms with E-state index in [1.807, 2.05) is 12.1 Å². The summed E-state index contributed by atoms with van der Waals surface area (Å²) in [6.07, 6.45) is 2.78. The van der Waals surface area contributed by atoms with Crippen molar-refractivity contribution < 1.29 is 9.90 Å². The maximum Gasteiger partial charge on any atom is 0.335 e. The molecule has 5 heteroatoms. The van der Waals surface area contributed by atoms with Crippen LogP contribution in [0.2, 0.25) is 0 Å². The van der Waals surface area contributed by atoms with E-state index in [2.05, 4.69) is 41.4 Å². The van der Waals surface area contributed by atoms with E-state index < -0.39 is 5.97 Å². The van der Waals surface area contributed by atoms with Crippen LogP contribution in [0.15, 0.2) is 65.5 Å². The molecule has 1 aromatic heterocycles. The molecule has 0 atom stereocenters. The monoisotopic (exact) mass is 368 g/mol. The molecule has 0 amide bonds. The summed E-state index contributed by atoms with van der Waals surface area (Å²) < 4.78 is 1.68. The number of carbonyl (C=O) groups is 1. The van der Waals surface area contributed by atoms with Gasteiger partial charge in [0.2, 0.25) is 0 Å². The van der Waals surface area contributed by atoms with Gasteiger partial charge in [-0.2, -0.15) is 0 Å². The number of aromatic carboxylic acids is 1. The van der Waals surface area contributed by atoms with Crippen LogP contribution in [-0.2, 0) is 6.54 Å². The van der Waals surface area contributed by atoms with Gasteiger partial charge in [-0.3, -0.25) is 9.36 Å². The maximum absolute atomic E-state index is 12.8. The minimum absolute atomic E-state index is 0.126. The number of carboxylic acids is 1. The lowest BCUT2D eigenvalue weighted by atomic mass is 10.0. The van der Waals surface area contributed by atoms with Gasteiger partial charge in [0.05, 0.1) is 16.5 Å². The highest BCUT2D eigenvalue weighted by atomic mass is 16.4. The summed E-state index contributed by atoms with van der Waals surface area (Å²) in [4.78, 5) is 28.7. The standard InChI is InChI=1S/C23H16N2O3/c26-22-19-8-7-18(23(27)28)13-20(19)24-21-17(9-10-25(21)22)12-14-5-6-15-3-1-2-4-16(15)11-14/h1-8,11-13H,9-10H2,(H,27,28)/b17-12-. The van der Waals surface area contributed by atoms with Crippen LogP contribution in [-0.4, -0.2) is 20.6 Å². The van der Waals surface area contributed by atoms with Crippen LogP contribution in [0.3, 0.4) is 0 Å². The van der Waals surface area contributed by atoms with E-state index >= 15 is 0 Å². The predicted octanol–water partition coefficient (Wildman–Crippen LogP) is 4.19. The minimum Gasteiger partial charge on any atom is -0.478 e. The molecule has 0 saturated carbocycles. The van der Waals surface area contributed by atoms with Crippen LogP contribution < -0.4 is 5.56 Å². The number of hydrogen-bond acceptors (Lipinski definition) is 3. The Labute approximate surface area is 160 Å². The van der Waals surface area contributed by atoms with Gasteiger partial charge in [-0.05, 0) is 58.7 Å². The van der Waals surface area contributed by atoms with Crippen molar-refractivity contribution in [1.82, 2.24) is 9.55 Å². The van der Waals surface area contributed by atoms with Crippen molar-refractivity contribution in [2.75, 3.05) is 0 Å². The summed E-state index contributed by atoms with van der Waals surface area (Å²) in [6.45, 7) is 0.581. The Balaban J connectivity index is 1.66. The lowest BCUT2D eigenvalue weighted by Gasteiger charge is -2.06. The van der Waals surface area contributed by atoms with Crippen molar-refractivity contribution >= 4 is 39.3 Å². The zero-order valence-electron chi connectivity index (χ0n) is 14.9. The molecule has 1 N–H and O–H groups in total. The van der Waals surface area contributed by atoms with Gasteiger partial charge in [-0.25, -0.2) is 9.78 Å². The van der Waals surface area contributed by atoms with Crippen molar-refractivity contribution in [2.45, 2.75) is 13.0 Å². The average Bonchev–Trinajstić information content (AvgIpc) is 3.10. The Kier molecular flexibility index (Phi) is 3.62. The highest BCUT2D eigenvalue weighted by Crippen LogP contribution is 2.28. The molecule has 2 heterocycles. The van der Waals surface area contributed by atoms with Crippen LogP contribution in [0.25, 0.3) is 33.3 Å². The molecule has 5 rings (SSSR count). The van der Waals surface area contributed by atoms with Crippen LogP contribution in [0.4, 0.5) is 0 Å². The molecule has 0 aliphatic carbocycles. The quantitative estimate of drug-likeness (QED) is 0.576. The molecule has 1 aliphatic heterocycles. The molecular weight excluding hydrogens is 352 g/mol. The zero-order valence-corrected chi connectivity index (χ0v) is 14.9. The van der Waals surface area contributed by atoms with Crippen molar-refractivity contribution in [3.05, 3.63) is 88.0 Å². The van der Waals surface area contributed by atoms with Crippen LogP contribution in [0.1, 0.15) is 28.2 Å². The van der Waals surface area contributed by atoms with Crippen molar-refractivity contribution in [3.8, 4) is 0 Å². The van der Waals surface area contributed by atoms with E-state index in [4.69, 9.17) is 0 Å². The lowest BCUT2D eigenvalue weighted by Crippen LogP contribution is -2.20. The molecule has 0 spiro atoms. The van der Waals surface area contributed by atoms with Crippen LogP contribution in [0, 0.1) is 0 Å². The van der Waals surface area contributed by atoms with E-state index in [1.165, 1.54) is 17.5 Å². The van der Waals surface area contributed by atoms with Gasteiger partial charge in [-0.1, -0.05) is 36.4 Å². The fourth-order valence-electron chi connectivity index (χ4n) is 3.79. The van der Waals surface area contributed by atoms with E-state index in [-0.39, 0.29) is 11.1 Å². The van der Waals surface area contributed by atoms with Crippen LogP contribution in [0.5, 0.6) is 0 Å². The first kappa shape index (κ1) is 16.4. The molecule has 5 nitrogen and oxygen atoms in total. The van der Waals surface area contributed by atoms with Gasteiger partial charge in [0, 0.05) is 6.54 Å². The Bertz CT molecular complexity index is 1370. The molecule has 0 fully saturated rings. The lowest BCUT2D eigenvalue weighted by molar-refractivity contribution is 0.0697. The molecule has 0 saturated heterocycles. The molecule has 4 aromatic rings. The normalized spacial score (nSPS) is 14.6. The highest BCUT2D eigenvalue weighted by Gasteiger charge is 2.21. The largest absolute Gasteiger partial charge is 0.478 e. The van der Waals surface area contributed by atoms with Crippen molar-refractivity contribution in [2.24, 2.45) is 0 Å². The number of fused-ring (bicyclic) bond motifs is 3. The molecule has 0 unspecified atom stereocenters. The maximum atomic E-state index is 12.8. The fraction of sp³-hybridized carbons (Fsp3) is 0.0870. The first-order valence-electron chi connectivity index (χ1n) is 9.08. The third-order valence-corrected chi connectivity index (χ3v) is 5.21. The number of benzene rings is 3. The first-order valence-corrected chi connectivity index (χ1v) is 9.08. The second kappa shape index (κ2) is 6.16. The summed E-state index contributed by atoms with van der Waals surface area (Å²) in [7, 11) is 0. The van der Waals surface area contributed by atoms with Gasteiger partial charge in [0.15, 0.2) is 0 Å². The molecular formula is C23H16N2O3. The van der Waals surface area contributed by atoms with Crippen molar-refractivity contribution in [1.29, 1.82) is 0 Å². The molecule has 0 radical (unpaired) electrons.